The van der Waals surface area contributed by atoms with E-state index in [9.17, 15) is 18.5 Å². The molecule has 0 saturated carbocycles. The molecule has 3 aromatic rings. The lowest BCUT2D eigenvalue weighted by atomic mass is 10.1. The van der Waals surface area contributed by atoms with Crippen LogP contribution in [-0.4, -0.2) is 28.3 Å². The van der Waals surface area contributed by atoms with Crippen molar-refractivity contribution in [3.8, 4) is 11.3 Å². The number of nitrogens with zero attached hydrogens (tertiary/aromatic N) is 2. The summed E-state index contributed by atoms with van der Waals surface area (Å²) in [4.78, 5) is 16.3. The minimum Gasteiger partial charge on any atom is -0.437 e. The molecule has 33 heavy (non-hydrogen) atoms. The molecule has 0 bridgehead atoms. The summed E-state index contributed by atoms with van der Waals surface area (Å²) in [5.74, 6) is 0.605. The van der Waals surface area contributed by atoms with Gasteiger partial charge in [0.1, 0.15) is 5.76 Å². The Kier molecular flexibility index (Phi) is 8.41. The minimum atomic E-state index is -3.94. The molecule has 1 aromatic carbocycles. The highest BCUT2D eigenvalue weighted by molar-refractivity contribution is 7.66. The molecule has 0 amide bonds. The number of fused-ring (bicyclic) bond motifs is 1. The van der Waals surface area contributed by atoms with Gasteiger partial charge < -0.3 is 4.42 Å². The molecular weight excluding hydrogens is 485 g/mol. The highest BCUT2D eigenvalue weighted by Gasteiger charge is 2.25. The minimum absolute atomic E-state index is 0.112. The first kappa shape index (κ1) is 25.1. The fourth-order valence-electron chi connectivity index (χ4n) is 3.10. The SMILES string of the molecule is C=P(=O)OP(=O)(C/C=C/Cn1cc2cc(-c3ccc(CCC)cc3)oc2nc1=O)OP(=C)=O. The lowest BCUT2D eigenvalue weighted by Gasteiger charge is -2.09. The van der Waals surface area contributed by atoms with E-state index >= 15 is 0 Å². The van der Waals surface area contributed by atoms with Crippen LogP contribution in [0, 0.1) is 0 Å². The Morgan fingerprint density at radius 1 is 1.15 bits per heavy atom. The number of hydrogen-bond acceptors (Lipinski definition) is 8. The largest absolute Gasteiger partial charge is 0.437 e. The van der Waals surface area contributed by atoms with Crippen molar-refractivity contribution in [2.75, 3.05) is 6.16 Å². The summed E-state index contributed by atoms with van der Waals surface area (Å²) in [5.41, 5.74) is 1.84. The maximum Gasteiger partial charge on any atom is 0.354 e. The normalized spacial score (nSPS) is 14.5. The number of allylic oxidation sites excluding steroid dienone is 2. The van der Waals surface area contributed by atoms with E-state index in [-0.39, 0.29) is 18.4 Å². The summed E-state index contributed by atoms with van der Waals surface area (Å²) >= 11 is 0. The maximum atomic E-state index is 12.4. The van der Waals surface area contributed by atoms with Gasteiger partial charge in [0.25, 0.3) is 0 Å². The van der Waals surface area contributed by atoms with E-state index in [1.165, 1.54) is 22.3 Å². The van der Waals surface area contributed by atoms with E-state index in [0.717, 1.165) is 18.4 Å². The molecule has 2 atom stereocenters. The molecule has 0 saturated heterocycles. The van der Waals surface area contributed by atoms with E-state index in [0.29, 0.717) is 11.1 Å². The first-order chi connectivity index (χ1) is 15.7. The summed E-state index contributed by atoms with van der Waals surface area (Å²) < 4.78 is 51.3. The van der Waals surface area contributed by atoms with Gasteiger partial charge in [0, 0.05) is 18.3 Å². The van der Waals surface area contributed by atoms with Crippen molar-refractivity contribution in [3.63, 3.8) is 0 Å². The van der Waals surface area contributed by atoms with E-state index < -0.39 is 28.6 Å². The molecule has 0 aliphatic heterocycles. The summed E-state index contributed by atoms with van der Waals surface area (Å²) in [6.45, 7) is 2.24. The van der Waals surface area contributed by atoms with Gasteiger partial charge in [-0.05, 0) is 30.6 Å². The van der Waals surface area contributed by atoms with Gasteiger partial charge in [-0.1, -0.05) is 49.8 Å². The standard InChI is InChI=1S/C21H23N2O7P3/c1-4-7-16-8-10-17(11-9-16)19-14-18-15-23(21(24)22-20(18)28-19)12-5-6-13-33(27,29-31(2)25)30-32(3)26/h5-6,8-11,14-15H,2-4,7,12-13H2,1H3/b6-5+. The third-order valence-electron chi connectivity index (χ3n) is 4.48. The van der Waals surface area contributed by atoms with Gasteiger partial charge in [0.2, 0.25) is 21.0 Å². The third kappa shape index (κ3) is 6.97. The second kappa shape index (κ2) is 11.1. The van der Waals surface area contributed by atoms with Crippen LogP contribution in [0.5, 0.6) is 0 Å². The van der Waals surface area contributed by atoms with Gasteiger partial charge in [-0.2, -0.15) is 4.98 Å². The van der Waals surface area contributed by atoms with Gasteiger partial charge in [-0.3, -0.25) is 18.3 Å². The lowest BCUT2D eigenvalue weighted by molar-refractivity contribution is 0.404. The highest BCUT2D eigenvalue weighted by Crippen LogP contribution is 2.56. The van der Waals surface area contributed by atoms with Crippen molar-refractivity contribution in [1.29, 1.82) is 0 Å². The second-order valence-corrected chi connectivity index (χ2v) is 11.3. The van der Waals surface area contributed by atoms with Crippen LogP contribution in [0.4, 0.5) is 0 Å². The number of benzene rings is 1. The molecule has 2 heterocycles. The number of aromatic nitrogens is 2. The third-order valence-corrected chi connectivity index (χ3v) is 8.59. The number of aryl methyl sites for hydroxylation is 1. The second-order valence-electron chi connectivity index (χ2n) is 7.09. The van der Waals surface area contributed by atoms with Crippen molar-refractivity contribution >= 4 is 46.6 Å². The molecule has 0 aliphatic carbocycles. The molecule has 12 heteroatoms. The zero-order chi connectivity index (χ0) is 24.0. The summed E-state index contributed by atoms with van der Waals surface area (Å²) in [6.07, 6.45) is 12.6. The Morgan fingerprint density at radius 2 is 1.82 bits per heavy atom. The van der Waals surface area contributed by atoms with Crippen LogP contribution >= 0.6 is 22.9 Å². The van der Waals surface area contributed by atoms with Crippen LogP contribution in [0.3, 0.4) is 0 Å². The molecule has 174 valence electrons. The van der Waals surface area contributed by atoms with Crippen LogP contribution in [-0.2, 0) is 35.3 Å². The molecule has 0 radical (unpaired) electrons. The average molecular weight is 508 g/mol. The quantitative estimate of drug-likeness (QED) is 0.238. The van der Waals surface area contributed by atoms with E-state index in [2.05, 4.69) is 24.5 Å². The highest BCUT2D eigenvalue weighted by atomic mass is 31.2. The van der Waals surface area contributed by atoms with E-state index in [1.54, 1.807) is 6.20 Å². The molecular formula is C21H23N2O7P3. The van der Waals surface area contributed by atoms with E-state index in [1.807, 2.05) is 30.3 Å². The molecule has 2 aromatic heterocycles. The number of hydrogen-bond donors (Lipinski definition) is 0. The Balaban J connectivity index is 1.76. The van der Waals surface area contributed by atoms with Crippen LogP contribution in [0.2, 0.25) is 0 Å². The van der Waals surface area contributed by atoms with Gasteiger partial charge >= 0.3 is 13.3 Å². The zero-order valence-corrected chi connectivity index (χ0v) is 20.6. The Hall–Kier alpha value is -2.53. The topological polar surface area (TPSA) is 118 Å². The molecule has 0 N–H and O–H groups in total. The molecule has 9 nitrogen and oxygen atoms in total. The zero-order valence-electron chi connectivity index (χ0n) is 18.0. The molecule has 2 unspecified atom stereocenters. The first-order valence-electron chi connectivity index (χ1n) is 9.98. The predicted octanol–water partition coefficient (Wildman–Crippen LogP) is 5.74. The smallest absolute Gasteiger partial charge is 0.354 e. The fraction of sp³-hybridized carbons (Fsp3) is 0.238. The first-order valence-corrected chi connectivity index (χ1v) is 14.4. The molecule has 0 fully saturated rings. The van der Waals surface area contributed by atoms with Crippen molar-refractivity contribution < 1.29 is 26.7 Å². The van der Waals surface area contributed by atoms with Crippen LogP contribution < -0.4 is 5.69 Å². The van der Waals surface area contributed by atoms with Crippen molar-refractivity contribution in [2.24, 2.45) is 0 Å². The summed E-state index contributed by atoms with van der Waals surface area (Å²) in [5, 5.41) is 0.649. The molecule has 0 spiro atoms. The average Bonchev–Trinajstić information content (AvgIpc) is 3.13. The summed E-state index contributed by atoms with van der Waals surface area (Å²) in [6, 6.07) is 9.84. The van der Waals surface area contributed by atoms with Crippen molar-refractivity contribution in [2.45, 2.75) is 26.3 Å². The summed E-state index contributed by atoms with van der Waals surface area (Å²) in [7, 11) is -8.91. The van der Waals surface area contributed by atoms with Crippen LogP contribution in [0.1, 0.15) is 18.9 Å². The van der Waals surface area contributed by atoms with Gasteiger partial charge in [-0.15, -0.1) is 0 Å². The fourth-order valence-corrected chi connectivity index (χ4v) is 6.65. The van der Waals surface area contributed by atoms with E-state index in [4.69, 9.17) is 13.0 Å². The Morgan fingerprint density at radius 3 is 2.42 bits per heavy atom. The van der Waals surface area contributed by atoms with Gasteiger partial charge in [-0.25, -0.2) is 13.4 Å². The van der Waals surface area contributed by atoms with Crippen molar-refractivity contribution in [3.05, 3.63) is 64.7 Å². The molecule has 3 rings (SSSR count). The predicted molar refractivity (Wildman–Crippen MR) is 131 cm³/mol. The maximum absolute atomic E-state index is 12.4. The van der Waals surface area contributed by atoms with Crippen LogP contribution in [0.25, 0.3) is 22.4 Å². The molecule has 0 aliphatic rings. The monoisotopic (exact) mass is 508 g/mol. The number of rotatable bonds is 11. The van der Waals surface area contributed by atoms with Gasteiger partial charge in [0.15, 0.2) is 0 Å². The van der Waals surface area contributed by atoms with Gasteiger partial charge in [0.05, 0.1) is 11.5 Å². The van der Waals surface area contributed by atoms with Crippen LogP contribution in [0.15, 0.2) is 57.9 Å². The Labute approximate surface area is 191 Å². The van der Waals surface area contributed by atoms with Crippen molar-refractivity contribution in [1.82, 2.24) is 9.55 Å². The lowest BCUT2D eigenvalue weighted by Crippen LogP contribution is -2.21. The number of furan rings is 1. The Bertz CT molecular complexity index is 1370.